The fourth-order valence-corrected chi connectivity index (χ4v) is 0.535. The van der Waals surface area contributed by atoms with Crippen molar-refractivity contribution in [2.45, 2.75) is 27.7 Å². The van der Waals surface area contributed by atoms with E-state index in [2.05, 4.69) is 5.18 Å². The van der Waals surface area contributed by atoms with E-state index in [-0.39, 0.29) is 0 Å². The first-order valence-electron chi connectivity index (χ1n) is 4.52. The first kappa shape index (κ1) is 14.4. The Morgan fingerprint density at radius 3 is 1.69 bits per heavy atom. The van der Waals surface area contributed by atoms with Crippen molar-refractivity contribution in [1.82, 2.24) is 0 Å². The minimum atomic E-state index is 0.407. The fraction of sp³-hybridized carbons (Fsp3) is 0.400. The van der Waals surface area contributed by atoms with Gasteiger partial charge in [-0.3, -0.25) is 0 Å². The molecule has 0 aromatic heterocycles. The molecule has 0 saturated carbocycles. The van der Waals surface area contributed by atoms with E-state index in [0.29, 0.717) is 11.2 Å². The van der Waals surface area contributed by atoms with Gasteiger partial charge in [0.15, 0.2) is 0 Å². The summed E-state index contributed by atoms with van der Waals surface area (Å²) in [5.74, 6) is 0. The first-order valence-corrected chi connectivity index (χ1v) is 4.52. The number of rotatable bonds is 1. The highest BCUT2D eigenvalue weighted by Crippen LogP contribution is 2.05. The monoisotopic (exact) mass is 177 g/mol. The van der Waals surface area contributed by atoms with Crippen molar-refractivity contribution in [3.63, 3.8) is 0 Å². The molecule has 0 fully saturated rings. The summed E-state index contributed by atoms with van der Waals surface area (Å²) in [6.45, 7) is 8.00. The lowest BCUT2D eigenvalue weighted by Gasteiger charge is -1.88. The molecule has 2 radical (unpaired) electrons. The van der Waals surface area contributed by atoms with Gasteiger partial charge < -0.3 is 0 Å². The molecule has 13 heavy (non-hydrogen) atoms. The second kappa shape index (κ2) is 10.9. The van der Waals surface area contributed by atoms with Gasteiger partial charge in [-0.2, -0.15) is 0 Å². The normalized spacial score (nSPS) is 7.08. The van der Waals surface area contributed by atoms with E-state index in [1.165, 1.54) is 0 Å². The maximum absolute atomic E-state index is 9.83. The molecule has 0 aliphatic carbocycles. The molecular formula is C10H16BNO. The number of hydrogen-bond acceptors (Lipinski definition) is 2. The Kier molecular flexibility index (Phi) is 12.1. The van der Waals surface area contributed by atoms with Gasteiger partial charge in [0.2, 0.25) is 0 Å². The number of hydrogen-bond donors (Lipinski definition) is 0. The summed E-state index contributed by atoms with van der Waals surface area (Å²) in [6, 6.07) is 6.41. The van der Waals surface area contributed by atoms with Crippen LogP contribution < -0.4 is 5.46 Å². The van der Waals surface area contributed by atoms with Gasteiger partial charge in [-0.05, 0) is 17.3 Å². The van der Waals surface area contributed by atoms with Crippen molar-refractivity contribution in [2.24, 2.45) is 5.18 Å². The van der Waals surface area contributed by atoms with Gasteiger partial charge in [0.05, 0.1) is 0 Å². The van der Waals surface area contributed by atoms with E-state index in [9.17, 15) is 4.91 Å². The number of nitroso groups, excluding NO2 is 1. The molecule has 1 rings (SSSR count). The summed E-state index contributed by atoms with van der Waals surface area (Å²) in [4.78, 5) is 9.83. The van der Waals surface area contributed by atoms with Crippen LogP contribution in [0.5, 0.6) is 0 Å². The minimum absolute atomic E-state index is 0.407. The fourth-order valence-electron chi connectivity index (χ4n) is 0.535. The van der Waals surface area contributed by atoms with E-state index in [1.54, 1.807) is 24.3 Å². The third-order valence-corrected chi connectivity index (χ3v) is 0.998. The molecular weight excluding hydrogens is 161 g/mol. The summed E-state index contributed by atoms with van der Waals surface area (Å²) in [5.41, 5.74) is 1.05. The average Bonchev–Trinajstić information content (AvgIpc) is 2.25. The minimum Gasteiger partial charge on any atom is -0.145 e. The summed E-state index contributed by atoms with van der Waals surface area (Å²) in [5, 5.41) is 2.71. The SMILES string of the molecule is CC.CC.[B]c1ccc(N=O)cc1. The molecule has 0 aliphatic heterocycles. The summed E-state index contributed by atoms with van der Waals surface area (Å²) >= 11 is 0. The summed E-state index contributed by atoms with van der Waals surface area (Å²) in [7, 11) is 5.34. The second-order valence-electron chi connectivity index (χ2n) is 1.68. The van der Waals surface area contributed by atoms with Gasteiger partial charge in [-0.15, -0.1) is 4.91 Å². The van der Waals surface area contributed by atoms with Crippen LogP contribution in [0.25, 0.3) is 0 Å². The van der Waals surface area contributed by atoms with Gasteiger partial charge in [-0.1, -0.05) is 45.3 Å². The van der Waals surface area contributed by atoms with E-state index in [4.69, 9.17) is 7.85 Å². The number of nitrogens with zero attached hydrogens (tertiary/aromatic N) is 1. The van der Waals surface area contributed by atoms with Crippen molar-refractivity contribution in [3.8, 4) is 0 Å². The lowest BCUT2D eigenvalue weighted by Crippen LogP contribution is -1.97. The molecule has 1 aromatic carbocycles. The van der Waals surface area contributed by atoms with Crippen molar-refractivity contribution >= 4 is 19.0 Å². The highest BCUT2D eigenvalue weighted by Gasteiger charge is 1.86. The Balaban J connectivity index is 0. The lowest BCUT2D eigenvalue weighted by molar-refractivity contribution is 1.50. The Morgan fingerprint density at radius 2 is 1.38 bits per heavy atom. The zero-order valence-electron chi connectivity index (χ0n) is 8.74. The maximum atomic E-state index is 9.83. The zero-order chi connectivity index (χ0) is 10.7. The Labute approximate surface area is 81.7 Å². The largest absolute Gasteiger partial charge is 0.145 e. The highest BCUT2D eigenvalue weighted by atomic mass is 16.3. The molecule has 0 saturated heterocycles. The van der Waals surface area contributed by atoms with Crippen LogP contribution in [0.15, 0.2) is 29.4 Å². The molecule has 2 nitrogen and oxygen atoms in total. The standard InChI is InChI=1S/C6H4BNO.2C2H6/c7-5-1-3-6(8-9)4-2-5;2*1-2/h1-4H;2*1-2H3. The van der Waals surface area contributed by atoms with Gasteiger partial charge >= 0.3 is 0 Å². The van der Waals surface area contributed by atoms with Crippen LogP contribution in [0.3, 0.4) is 0 Å². The molecule has 0 heterocycles. The molecule has 0 amide bonds. The van der Waals surface area contributed by atoms with E-state index >= 15 is 0 Å². The quantitative estimate of drug-likeness (QED) is 0.479. The molecule has 1 aromatic rings. The molecule has 0 bridgehead atoms. The predicted octanol–water partition coefficient (Wildman–Crippen LogP) is 2.93. The van der Waals surface area contributed by atoms with Crippen LogP contribution in [0, 0.1) is 4.91 Å². The smallest absolute Gasteiger partial charge is 0.113 e. The third-order valence-electron chi connectivity index (χ3n) is 0.998. The third kappa shape index (κ3) is 7.25. The molecule has 3 heteroatoms. The van der Waals surface area contributed by atoms with Gasteiger partial charge in [0.25, 0.3) is 0 Å². The van der Waals surface area contributed by atoms with Crippen LogP contribution in [0.1, 0.15) is 27.7 Å². The first-order chi connectivity index (χ1) is 6.33. The molecule has 70 valence electrons. The van der Waals surface area contributed by atoms with Crippen molar-refractivity contribution in [2.75, 3.05) is 0 Å². The van der Waals surface area contributed by atoms with E-state index < -0.39 is 0 Å². The van der Waals surface area contributed by atoms with Crippen LogP contribution in [0.2, 0.25) is 0 Å². The summed E-state index contributed by atoms with van der Waals surface area (Å²) in [6.07, 6.45) is 0. The van der Waals surface area contributed by atoms with Crippen LogP contribution in [-0.2, 0) is 0 Å². The van der Waals surface area contributed by atoms with Crippen molar-refractivity contribution < 1.29 is 0 Å². The topological polar surface area (TPSA) is 29.4 Å². The van der Waals surface area contributed by atoms with Crippen LogP contribution in [0.4, 0.5) is 5.69 Å². The van der Waals surface area contributed by atoms with Gasteiger partial charge in [0.1, 0.15) is 13.5 Å². The average molecular weight is 177 g/mol. The maximum Gasteiger partial charge on any atom is 0.113 e. The molecule has 0 spiro atoms. The van der Waals surface area contributed by atoms with Crippen molar-refractivity contribution in [3.05, 3.63) is 29.2 Å². The molecule has 0 atom stereocenters. The Hall–Kier alpha value is -1.12. The van der Waals surface area contributed by atoms with Crippen molar-refractivity contribution in [1.29, 1.82) is 0 Å². The van der Waals surface area contributed by atoms with E-state index in [0.717, 1.165) is 0 Å². The Morgan fingerprint density at radius 1 is 1.00 bits per heavy atom. The predicted molar refractivity (Wildman–Crippen MR) is 60.0 cm³/mol. The van der Waals surface area contributed by atoms with E-state index in [1.807, 2.05) is 27.7 Å². The zero-order valence-corrected chi connectivity index (χ0v) is 8.74. The highest BCUT2D eigenvalue weighted by molar-refractivity contribution is 6.32. The lowest BCUT2D eigenvalue weighted by atomic mass is 9.96. The van der Waals surface area contributed by atoms with Gasteiger partial charge in [0, 0.05) is 0 Å². The molecule has 0 unspecified atom stereocenters. The second-order valence-corrected chi connectivity index (χ2v) is 1.68. The summed E-state index contributed by atoms with van der Waals surface area (Å²) < 4.78 is 0. The number of benzene rings is 1. The molecule has 0 aliphatic rings. The van der Waals surface area contributed by atoms with Crippen LogP contribution >= 0.6 is 0 Å². The van der Waals surface area contributed by atoms with Crippen LogP contribution in [-0.4, -0.2) is 7.85 Å². The Bertz CT molecular complexity index is 209. The molecule has 0 N–H and O–H groups in total. The van der Waals surface area contributed by atoms with Gasteiger partial charge in [-0.25, -0.2) is 0 Å².